The Morgan fingerprint density at radius 3 is 2.85 bits per heavy atom. The van der Waals surface area contributed by atoms with E-state index in [0.29, 0.717) is 11.7 Å². The second-order valence-electron chi connectivity index (χ2n) is 5.43. The monoisotopic (exact) mass is 335 g/mol. The minimum absolute atomic E-state index is 0.0139. The molecule has 1 N–H and O–H groups in total. The zero-order chi connectivity index (χ0) is 14.1. The van der Waals surface area contributed by atoms with Crippen LogP contribution in [0.5, 0.6) is 0 Å². The molecule has 0 spiro atoms. The van der Waals surface area contributed by atoms with Crippen molar-refractivity contribution in [2.45, 2.75) is 45.1 Å². The smallest absolute Gasteiger partial charge is 0.270 e. The summed E-state index contributed by atoms with van der Waals surface area (Å²) in [6.45, 7) is 1.89. The summed E-state index contributed by atoms with van der Waals surface area (Å²) in [5.74, 6) is -0.0139. The highest BCUT2D eigenvalue weighted by Crippen LogP contribution is 2.20. The van der Waals surface area contributed by atoms with Crippen LogP contribution in [0.25, 0.3) is 5.65 Å². The van der Waals surface area contributed by atoms with Crippen molar-refractivity contribution >= 4 is 27.5 Å². The molecule has 4 nitrogen and oxygen atoms in total. The number of pyridine rings is 1. The van der Waals surface area contributed by atoms with E-state index in [4.69, 9.17) is 0 Å². The van der Waals surface area contributed by atoms with Crippen molar-refractivity contribution in [2.75, 3.05) is 0 Å². The molecule has 106 valence electrons. The van der Waals surface area contributed by atoms with E-state index in [1.807, 2.05) is 29.7 Å². The molecular weight excluding hydrogens is 318 g/mol. The summed E-state index contributed by atoms with van der Waals surface area (Å²) in [5.41, 5.74) is 2.22. The van der Waals surface area contributed by atoms with Crippen molar-refractivity contribution in [1.29, 1.82) is 0 Å². The van der Waals surface area contributed by atoms with Gasteiger partial charge in [0.2, 0.25) is 0 Å². The molecule has 1 amide bonds. The lowest BCUT2D eigenvalue weighted by molar-refractivity contribution is 0.0921. The number of carbonyl (C=O) groups is 1. The molecule has 5 heteroatoms. The van der Waals surface area contributed by atoms with Crippen LogP contribution in [-0.4, -0.2) is 21.3 Å². The van der Waals surface area contributed by atoms with Crippen molar-refractivity contribution in [2.24, 2.45) is 0 Å². The van der Waals surface area contributed by atoms with Gasteiger partial charge in [0.25, 0.3) is 5.91 Å². The predicted molar refractivity (Wildman–Crippen MR) is 82.0 cm³/mol. The second kappa shape index (κ2) is 5.56. The fraction of sp³-hybridized carbons (Fsp3) is 0.467. The van der Waals surface area contributed by atoms with Gasteiger partial charge in [-0.1, -0.05) is 19.3 Å². The average Bonchev–Trinajstić information content (AvgIpc) is 2.75. The number of fused-ring (bicyclic) bond motifs is 1. The Kier molecular flexibility index (Phi) is 3.78. The molecule has 0 aromatic carbocycles. The first-order chi connectivity index (χ1) is 9.65. The minimum Gasteiger partial charge on any atom is -0.348 e. The van der Waals surface area contributed by atoms with E-state index < -0.39 is 0 Å². The number of nitrogens with zero attached hydrogens (tertiary/aromatic N) is 2. The second-order valence-corrected chi connectivity index (χ2v) is 6.35. The molecule has 0 radical (unpaired) electrons. The number of aryl methyl sites for hydroxylation is 1. The summed E-state index contributed by atoms with van der Waals surface area (Å²) in [4.78, 5) is 17.0. The van der Waals surface area contributed by atoms with Gasteiger partial charge in [-0.3, -0.25) is 9.20 Å². The van der Waals surface area contributed by atoms with E-state index in [1.54, 1.807) is 0 Å². The zero-order valence-electron chi connectivity index (χ0n) is 11.5. The summed E-state index contributed by atoms with van der Waals surface area (Å²) >= 11 is 3.44. The first-order valence-corrected chi connectivity index (χ1v) is 7.89. The van der Waals surface area contributed by atoms with E-state index >= 15 is 0 Å². The number of hydrogen-bond acceptors (Lipinski definition) is 2. The molecule has 0 atom stereocenters. The maximum Gasteiger partial charge on any atom is 0.270 e. The van der Waals surface area contributed by atoms with Crippen LogP contribution in [0.2, 0.25) is 0 Å². The first-order valence-electron chi connectivity index (χ1n) is 7.10. The Hall–Kier alpha value is -1.36. The van der Waals surface area contributed by atoms with E-state index in [2.05, 4.69) is 26.2 Å². The Morgan fingerprint density at radius 2 is 2.10 bits per heavy atom. The number of aromatic nitrogens is 2. The lowest BCUT2D eigenvalue weighted by Crippen LogP contribution is -2.37. The van der Waals surface area contributed by atoms with Gasteiger partial charge in [-0.2, -0.15) is 0 Å². The summed E-state index contributed by atoms with van der Waals surface area (Å²) < 4.78 is 2.80. The van der Waals surface area contributed by atoms with Crippen molar-refractivity contribution in [3.8, 4) is 0 Å². The van der Waals surface area contributed by atoms with Crippen molar-refractivity contribution in [3.63, 3.8) is 0 Å². The topological polar surface area (TPSA) is 46.4 Å². The molecule has 2 heterocycles. The van der Waals surface area contributed by atoms with Crippen LogP contribution in [0, 0.1) is 6.92 Å². The molecule has 1 saturated carbocycles. The highest BCUT2D eigenvalue weighted by molar-refractivity contribution is 9.10. The SMILES string of the molecule is Cc1nc2ccc(Br)cn2c1C(=O)NC1CCCCC1. The van der Waals surface area contributed by atoms with Crippen LogP contribution in [0.3, 0.4) is 0 Å². The Morgan fingerprint density at radius 1 is 1.35 bits per heavy atom. The molecule has 0 aliphatic heterocycles. The number of imidazole rings is 1. The zero-order valence-corrected chi connectivity index (χ0v) is 13.1. The largest absolute Gasteiger partial charge is 0.348 e. The maximum absolute atomic E-state index is 12.5. The summed E-state index contributed by atoms with van der Waals surface area (Å²) in [5, 5.41) is 3.16. The first kappa shape index (κ1) is 13.6. The van der Waals surface area contributed by atoms with Crippen LogP contribution in [0.1, 0.15) is 48.3 Å². The molecule has 3 rings (SSSR count). The third-order valence-corrected chi connectivity index (χ3v) is 4.38. The molecule has 1 aliphatic carbocycles. The molecule has 1 aliphatic rings. The van der Waals surface area contributed by atoms with E-state index in [9.17, 15) is 4.79 Å². The van der Waals surface area contributed by atoms with Gasteiger partial charge < -0.3 is 5.32 Å². The van der Waals surface area contributed by atoms with Gasteiger partial charge in [0.1, 0.15) is 11.3 Å². The van der Waals surface area contributed by atoms with E-state index in [1.165, 1.54) is 19.3 Å². The fourth-order valence-electron chi connectivity index (χ4n) is 2.91. The predicted octanol–water partition coefficient (Wildman–Crippen LogP) is 3.47. The van der Waals surface area contributed by atoms with E-state index in [-0.39, 0.29) is 5.91 Å². The molecule has 2 aromatic heterocycles. The van der Waals surface area contributed by atoms with Gasteiger partial charge in [-0.25, -0.2) is 4.98 Å². The molecule has 20 heavy (non-hydrogen) atoms. The van der Waals surface area contributed by atoms with Gasteiger partial charge in [-0.05, 0) is 47.8 Å². The van der Waals surface area contributed by atoms with Gasteiger partial charge in [0, 0.05) is 16.7 Å². The summed E-state index contributed by atoms with van der Waals surface area (Å²) in [6.07, 6.45) is 7.78. The normalized spacial score (nSPS) is 16.5. The minimum atomic E-state index is -0.0139. The van der Waals surface area contributed by atoms with Crippen molar-refractivity contribution in [1.82, 2.24) is 14.7 Å². The lowest BCUT2D eigenvalue weighted by atomic mass is 9.95. The molecule has 0 unspecified atom stereocenters. The van der Waals surface area contributed by atoms with Crippen LogP contribution >= 0.6 is 15.9 Å². The van der Waals surface area contributed by atoms with Crippen molar-refractivity contribution in [3.05, 3.63) is 34.2 Å². The third-order valence-electron chi connectivity index (χ3n) is 3.91. The maximum atomic E-state index is 12.5. The summed E-state index contributed by atoms with van der Waals surface area (Å²) in [6, 6.07) is 4.16. The van der Waals surface area contributed by atoms with Crippen LogP contribution in [-0.2, 0) is 0 Å². The third kappa shape index (κ3) is 2.59. The highest BCUT2D eigenvalue weighted by atomic mass is 79.9. The Labute approximate surface area is 126 Å². The summed E-state index contributed by atoms with van der Waals surface area (Å²) in [7, 11) is 0. The van der Waals surface area contributed by atoms with Gasteiger partial charge in [0.15, 0.2) is 0 Å². The average molecular weight is 336 g/mol. The van der Waals surface area contributed by atoms with Gasteiger partial charge in [-0.15, -0.1) is 0 Å². The number of halogens is 1. The number of rotatable bonds is 2. The molecule has 1 fully saturated rings. The highest BCUT2D eigenvalue weighted by Gasteiger charge is 2.21. The van der Waals surface area contributed by atoms with E-state index in [0.717, 1.165) is 28.7 Å². The van der Waals surface area contributed by atoms with Gasteiger partial charge >= 0.3 is 0 Å². The van der Waals surface area contributed by atoms with Gasteiger partial charge in [0.05, 0.1) is 5.69 Å². The Balaban J connectivity index is 1.90. The number of nitrogens with one attached hydrogen (secondary N) is 1. The quantitative estimate of drug-likeness (QED) is 0.913. The number of carbonyl (C=O) groups excluding carboxylic acids is 1. The molecule has 2 aromatic rings. The molecular formula is C15H18BrN3O. The lowest BCUT2D eigenvalue weighted by Gasteiger charge is -2.22. The number of amides is 1. The van der Waals surface area contributed by atoms with Crippen LogP contribution in [0.15, 0.2) is 22.8 Å². The standard InChI is InChI=1S/C15H18BrN3O/c1-10-14(15(20)18-12-5-3-2-4-6-12)19-9-11(16)7-8-13(19)17-10/h7-9,12H,2-6H2,1H3,(H,18,20). The molecule has 0 bridgehead atoms. The number of hydrogen-bond donors (Lipinski definition) is 1. The molecule has 0 saturated heterocycles. The Bertz CT molecular complexity index is 644. The van der Waals surface area contributed by atoms with Crippen molar-refractivity contribution < 1.29 is 4.79 Å². The van der Waals surface area contributed by atoms with Crippen LogP contribution < -0.4 is 5.32 Å². The fourth-order valence-corrected chi connectivity index (χ4v) is 3.25. The van der Waals surface area contributed by atoms with Crippen LogP contribution in [0.4, 0.5) is 0 Å².